The van der Waals surface area contributed by atoms with Crippen LogP contribution >= 0.6 is 0 Å². The molecule has 0 aromatic rings. The van der Waals surface area contributed by atoms with E-state index in [1.165, 1.54) is 6.92 Å². The smallest absolute Gasteiger partial charge is 0.330 e. The maximum absolute atomic E-state index is 9.88. The third-order valence-electron chi connectivity index (χ3n) is 0.597. The van der Waals surface area contributed by atoms with Crippen molar-refractivity contribution in [2.45, 2.75) is 13.0 Å². The van der Waals surface area contributed by atoms with Gasteiger partial charge in [-0.25, -0.2) is 4.79 Å². The highest BCUT2D eigenvalue weighted by atomic mass is 16.4. The van der Waals surface area contributed by atoms with Gasteiger partial charge in [-0.3, -0.25) is 0 Å². The lowest BCUT2D eigenvalue weighted by Crippen LogP contribution is -2.12. The molecule has 0 amide bonds. The molecule has 1 atom stereocenters. The number of carboxylic acid groups (broad SMARTS) is 1. The Balaban J connectivity index is 3.64. The van der Waals surface area contributed by atoms with Gasteiger partial charge in [-0.2, -0.15) is 5.11 Å². The molecule has 0 radical (unpaired) electrons. The van der Waals surface area contributed by atoms with Crippen LogP contribution in [-0.4, -0.2) is 17.1 Å². The van der Waals surface area contributed by atoms with Crippen LogP contribution in [0.5, 0.6) is 0 Å². The van der Waals surface area contributed by atoms with Crippen molar-refractivity contribution in [1.29, 1.82) is 0 Å². The van der Waals surface area contributed by atoms with Gasteiger partial charge >= 0.3 is 5.97 Å². The van der Waals surface area contributed by atoms with Crippen molar-refractivity contribution < 1.29 is 9.90 Å². The van der Waals surface area contributed by atoms with Gasteiger partial charge in [0.15, 0.2) is 6.04 Å². The monoisotopic (exact) mass is 117 g/mol. The molecule has 0 aromatic heterocycles. The number of carboxylic acids is 1. The standard InChI is InChI=1S/C3H7N3O2/c1-2(3(7)8)5-6-4/h2H,1H3,(H2,4,5)(H,7,8). The van der Waals surface area contributed by atoms with Gasteiger partial charge in [0.05, 0.1) is 0 Å². The second kappa shape index (κ2) is 2.95. The molecule has 0 aromatic carbocycles. The quantitative estimate of drug-likeness (QED) is 0.298. The van der Waals surface area contributed by atoms with Crippen LogP contribution in [-0.2, 0) is 4.79 Å². The third-order valence-corrected chi connectivity index (χ3v) is 0.597. The predicted molar refractivity (Wildman–Crippen MR) is 26.1 cm³/mol. The summed E-state index contributed by atoms with van der Waals surface area (Å²) >= 11 is 0. The maximum atomic E-state index is 9.88. The topological polar surface area (TPSA) is 88.0 Å². The first-order valence-electron chi connectivity index (χ1n) is 2.01. The van der Waals surface area contributed by atoms with Gasteiger partial charge in [-0.15, -0.1) is 0 Å². The van der Waals surface area contributed by atoms with Crippen LogP contribution in [0.1, 0.15) is 6.92 Å². The fraction of sp³-hybridized carbons (Fsp3) is 0.667. The van der Waals surface area contributed by atoms with Crippen molar-refractivity contribution in [2.24, 2.45) is 16.2 Å². The van der Waals surface area contributed by atoms with E-state index < -0.39 is 12.0 Å². The molecule has 5 heteroatoms. The van der Waals surface area contributed by atoms with E-state index in [0.717, 1.165) is 0 Å². The van der Waals surface area contributed by atoms with Crippen LogP contribution < -0.4 is 5.84 Å². The lowest BCUT2D eigenvalue weighted by Gasteiger charge is -1.91. The van der Waals surface area contributed by atoms with Gasteiger partial charge < -0.3 is 10.9 Å². The van der Waals surface area contributed by atoms with Gasteiger partial charge in [0, 0.05) is 0 Å². The zero-order valence-corrected chi connectivity index (χ0v) is 4.40. The van der Waals surface area contributed by atoms with Gasteiger partial charge in [-0.05, 0) is 6.92 Å². The molecule has 46 valence electrons. The van der Waals surface area contributed by atoms with Crippen molar-refractivity contribution in [3.63, 3.8) is 0 Å². The number of nitrogens with zero attached hydrogens (tertiary/aromatic N) is 2. The normalized spacial score (nSPS) is 14.1. The van der Waals surface area contributed by atoms with Crippen molar-refractivity contribution in [1.82, 2.24) is 0 Å². The minimum absolute atomic E-state index is 0.833. The van der Waals surface area contributed by atoms with Crippen LogP contribution in [0.3, 0.4) is 0 Å². The largest absolute Gasteiger partial charge is 0.480 e. The number of rotatable bonds is 2. The van der Waals surface area contributed by atoms with E-state index in [-0.39, 0.29) is 0 Å². The van der Waals surface area contributed by atoms with Gasteiger partial charge in [0.2, 0.25) is 0 Å². The first-order valence-corrected chi connectivity index (χ1v) is 2.01. The number of hydrogen-bond acceptors (Lipinski definition) is 3. The number of hydrogen-bond donors (Lipinski definition) is 2. The second-order valence-electron chi connectivity index (χ2n) is 1.25. The molecule has 0 saturated heterocycles. The summed E-state index contributed by atoms with van der Waals surface area (Å²) in [5.74, 6) is 3.53. The Morgan fingerprint density at radius 3 is 2.50 bits per heavy atom. The van der Waals surface area contributed by atoms with Crippen molar-refractivity contribution in [3.8, 4) is 0 Å². The molecule has 0 saturated carbocycles. The molecule has 0 aliphatic rings. The Bertz CT molecular complexity index is 111. The minimum atomic E-state index is -1.03. The van der Waals surface area contributed by atoms with Crippen molar-refractivity contribution in [3.05, 3.63) is 0 Å². The van der Waals surface area contributed by atoms with Crippen molar-refractivity contribution >= 4 is 5.97 Å². The fourth-order valence-corrected chi connectivity index (χ4v) is 0.149. The molecular weight excluding hydrogens is 110 g/mol. The van der Waals surface area contributed by atoms with Crippen molar-refractivity contribution in [2.75, 3.05) is 0 Å². The van der Waals surface area contributed by atoms with Gasteiger partial charge in [0.1, 0.15) is 0 Å². The van der Waals surface area contributed by atoms with Gasteiger partial charge in [-0.1, -0.05) is 5.22 Å². The highest BCUT2D eigenvalue weighted by molar-refractivity contribution is 5.72. The van der Waals surface area contributed by atoms with E-state index in [1.54, 1.807) is 0 Å². The number of carbonyl (C=O) groups is 1. The summed E-state index contributed by atoms with van der Waals surface area (Å²) in [4.78, 5) is 9.88. The molecule has 0 fully saturated rings. The first-order chi connectivity index (χ1) is 3.68. The minimum Gasteiger partial charge on any atom is -0.480 e. The molecule has 8 heavy (non-hydrogen) atoms. The lowest BCUT2D eigenvalue weighted by atomic mass is 10.4. The molecule has 0 aliphatic carbocycles. The highest BCUT2D eigenvalue weighted by Crippen LogP contribution is 1.86. The Hall–Kier alpha value is -1.13. The van der Waals surface area contributed by atoms with Crippen LogP contribution in [0.2, 0.25) is 0 Å². The summed E-state index contributed by atoms with van der Waals surface area (Å²) in [6.45, 7) is 1.39. The van der Waals surface area contributed by atoms with Crippen LogP contribution in [0, 0.1) is 0 Å². The van der Waals surface area contributed by atoms with E-state index in [1.807, 2.05) is 0 Å². The molecule has 5 nitrogen and oxygen atoms in total. The molecule has 3 N–H and O–H groups in total. The number of aliphatic carboxylic acids is 1. The maximum Gasteiger partial charge on any atom is 0.330 e. The predicted octanol–water partition coefficient (Wildman–Crippen LogP) is -0.215. The van der Waals surface area contributed by atoms with E-state index >= 15 is 0 Å². The van der Waals surface area contributed by atoms with Crippen LogP contribution in [0.25, 0.3) is 0 Å². The molecule has 0 heterocycles. The SMILES string of the molecule is CC(N=NN)C(=O)O. The summed E-state index contributed by atoms with van der Waals surface area (Å²) in [6, 6.07) is -0.833. The molecule has 0 rings (SSSR count). The van der Waals surface area contributed by atoms with E-state index in [2.05, 4.69) is 16.2 Å². The summed E-state index contributed by atoms with van der Waals surface area (Å²) < 4.78 is 0. The summed E-state index contributed by atoms with van der Waals surface area (Å²) in [5.41, 5.74) is 0. The summed E-state index contributed by atoms with van der Waals surface area (Å²) in [6.07, 6.45) is 0. The third kappa shape index (κ3) is 2.12. The molecule has 0 aliphatic heterocycles. The Kier molecular flexibility index (Phi) is 2.53. The summed E-state index contributed by atoms with van der Waals surface area (Å²) in [5, 5.41) is 14.0. The highest BCUT2D eigenvalue weighted by Gasteiger charge is 2.06. The Labute approximate surface area is 46.2 Å². The summed E-state index contributed by atoms with van der Waals surface area (Å²) in [7, 11) is 0. The average molecular weight is 117 g/mol. The second-order valence-corrected chi connectivity index (χ2v) is 1.25. The Morgan fingerprint density at radius 1 is 1.88 bits per heavy atom. The van der Waals surface area contributed by atoms with Crippen LogP contribution in [0.4, 0.5) is 0 Å². The first kappa shape index (κ1) is 6.87. The zero-order valence-electron chi connectivity index (χ0n) is 4.40. The van der Waals surface area contributed by atoms with Crippen LogP contribution in [0.15, 0.2) is 10.3 Å². The molecule has 0 bridgehead atoms. The van der Waals surface area contributed by atoms with E-state index in [9.17, 15) is 4.79 Å². The zero-order chi connectivity index (χ0) is 6.57. The van der Waals surface area contributed by atoms with E-state index in [0.29, 0.717) is 0 Å². The van der Waals surface area contributed by atoms with E-state index in [4.69, 9.17) is 5.11 Å². The molecule has 0 spiro atoms. The Morgan fingerprint density at radius 2 is 2.38 bits per heavy atom. The number of nitrogens with two attached hydrogens (primary N) is 1. The van der Waals surface area contributed by atoms with Gasteiger partial charge in [0.25, 0.3) is 0 Å². The fourth-order valence-electron chi connectivity index (χ4n) is 0.149. The molecule has 1 unspecified atom stereocenters. The average Bonchev–Trinajstić information content (AvgIpc) is 1.67. The molecular formula is C3H7N3O2. The lowest BCUT2D eigenvalue weighted by molar-refractivity contribution is -0.138.